The summed E-state index contributed by atoms with van der Waals surface area (Å²) in [6, 6.07) is 3.84. The van der Waals surface area contributed by atoms with Crippen LogP contribution in [0.3, 0.4) is 0 Å². The van der Waals surface area contributed by atoms with Gasteiger partial charge in [0.2, 0.25) is 0 Å². The molecule has 0 radical (unpaired) electrons. The number of hydrogen-bond donors (Lipinski definition) is 1. The van der Waals surface area contributed by atoms with Crippen LogP contribution in [0.2, 0.25) is 0 Å². The summed E-state index contributed by atoms with van der Waals surface area (Å²) < 4.78 is 0. The number of nitrogens with zero attached hydrogens (tertiary/aromatic N) is 3. The maximum absolute atomic E-state index is 12.7. The fourth-order valence-electron chi connectivity index (χ4n) is 3.85. The molecule has 2 atom stereocenters. The van der Waals surface area contributed by atoms with Crippen molar-refractivity contribution >= 4 is 11.9 Å². The Hall–Kier alpha value is -1.95. The fourth-order valence-corrected chi connectivity index (χ4v) is 3.85. The highest BCUT2D eigenvalue weighted by atomic mass is 16.2. The molecule has 1 aromatic rings. The summed E-state index contributed by atoms with van der Waals surface area (Å²) in [5.41, 5.74) is 0.517. The molecule has 2 aliphatic rings. The number of nitrogens with one attached hydrogen (secondary N) is 1. The number of carbonyl (C=O) groups excluding carboxylic acids is 2. The van der Waals surface area contributed by atoms with Crippen LogP contribution < -0.4 is 5.32 Å². The summed E-state index contributed by atoms with van der Waals surface area (Å²) in [7, 11) is 0. The molecular formula is C18H26N4O2. The van der Waals surface area contributed by atoms with E-state index in [1.165, 1.54) is 10.5 Å². The van der Waals surface area contributed by atoms with Gasteiger partial charge >= 0.3 is 6.03 Å². The number of hydrogen-bond acceptors (Lipinski definition) is 4. The predicted molar refractivity (Wildman–Crippen MR) is 91.4 cm³/mol. The molecule has 2 aliphatic heterocycles. The topological polar surface area (TPSA) is 65.5 Å². The molecule has 3 amide bonds. The highest BCUT2D eigenvalue weighted by molar-refractivity contribution is 6.07. The minimum Gasteiger partial charge on any atom is -0.323 e. The first-order valence-electron chi connectivity index (χ1n) is 8.80. The number of likely N-dealkylation sites (N-methyl/N-ethyl adjacent to an activating group) is 1. The molecule has 2 fully saturated rings. The first-order chi connectivity index (χ1) is 11.5. The van der Waals surface area contributed by atoms with E-state index in [4.69, 9.17) is 0 Å². The third kappa shape index (κ3) is 3.15. The van der Waals surface area contributed by atoms with Crippen molar-refractivity contribution in [2.24, 2.45) is 5.92 Å². The molecule has 130 valence electrons. The van der Waals surface area contributed by atoms with Crippen LogP contribution in [-0.4, -0.2) is 58.4 Å². The van der Waals surface area contributed by atoms with Crippen molar-refractivity contribution < 1.29 is 9.59 Å². The minimum absolute atomic E-state index is 0.0732. The van der Waals surface area contributed by atoms with E-state index in [1.807, 2.05) is 38.4 Å². The molecule has 3 heterocycles. The van der Waals surface area contributed by atoms with Gasteiger partial charge in [0.25, 0.3) is 5.91 Å². The Morgan fingerprint density at radius 2 is 2.08 bits per heavy atom. The number of imide groups is 1. The summed E-state index contributed by atoms with van der Waals surface area (Å²) in [5.74, 6) is 0.0904. The number of likely N-dealkylation sites (tertiary alicyclic amines) is 1. The van der Waals surface area contributed by atoms with Crippen molar-refractivity contribution in [3.8, 4) is 0 Å². The third-order valence-electron chi connectivity index (χ3n) is 5.41. The van der Waals surface area contributed by atoms with Gasteiger partial charge in [-0.3, -0.25) is 14.7 Å². The van der Waals surface area contributed by atoms with Crippen LogP contribution in [0.25, 0.3) is 0 Å². The Bertz CT molecular complexity index is 606. The normalized spacial score (nSPS) is 28.2. The van der Waals surface area contributed by atoms with Gasteiger partial charge in [-0.15, -0.1) is 0 Å². The first-order valence-corrected chi connectivity index (χ1v) is 8.80. The molecule has 3 rings (SSSR count). The maximum Gasteiger partial charge on any atom is 0.325 e. The predicted octanol–water partition coefficient (Wildman–Crippen LogP) is 1.67. The highest BCUT2D eigenvalue weighted by Crippen LogP contribution is 2.32. The van der Waals surface area contributed by atoms with Crippen molar-refractivity contribution in [1.29, 1.82) is 0 Å². The van der Waals surface area contributed by atoms with E-state index < -0.39 is 5.54 Å². The smallest absolute Gasteiger partial charge is 0.323 e. The van der Waals surface area contributed by atoms with E-state index in [-0.39, 0.29) is 17.9 Å². The molecule has 0 aliphatic carbocycles. The van der Waals surface area contributed by atoms with Crippen LogP contribution in [0, 0.1) is 5.92 Å². The molecule has 1 N–H and O–H groups in total. The van der Waals surface area contributed by atoms with Crippen LogP contribution in [0.1, 0.15) is 32.3 Å². The van der Waals surface area contributed by atoms with E-state index in [1.54, 1.807) is 0 Å². The zero-order valence-electron chi connectivity index (χ0n) is 14.5. The fraction of sp³-hybridized carbons (Fsp3) is 0.611. The molecule has 0 saturated carbocycles. The van der Waals surface area contributed by atoms with Crippen molar-refractivity contribution in [3.63, 3.8) is 0 Å². The summed E-state index contributed by atoms with van der Waals surface area (Å²) in [5, 5.41) is 2.95. The van der Waals surface area contributed by atoms with Gasteiger partial charge in [-0.2, -0.15) is 0 Å². The molecule has 1 aromatic heterocycles. The molecule has 2 saturated heterocycles. The van der Waals surface area contributed by atoms with Gasteiger partial charge in [-0.25, -0.2) is 4.79 Å². The van der Waals surface area contributed by atoms with Crippen molar-refractivity contribution in [2.75, 3.05) is 26.2 Å². The van der Waals surface area contributed by atoms with Gasteiger partial charge in [0.05, 0.1) is 0 Å². The number of rotatable bonds is 5. The first kappa shape index (κ1) is 16.9. The minimum atomic E-state index is -0.761. The molecule has 0 spiro atoms. The lowest BCUT2D eigenvalue weighted by atomic mass is 9.80. The van der Waals surface area contributed by atoms with Crippen LogP contribution >= 0.6 is 0 Å². The monoisotopic (exact) mass is 330 g/mol. The Labute approximate surface area is 143 Å². The standard InChI is InChI=1S/C18H26N4O2/c1-3-22-16(23)18(2,20-17(22)24)15-5-4-11-21(13-15)12-8-14-6-9-19-10-7-14/h6-7,9-10,15H,3-5,8,11-13H2,1-2H3,(H,20,24). The van der Waals surface area contributed by atoms with Crippen molar-refractivity contribution in [3.05, 3.63) is 30.1 Å². The molecule has 24 heavy (non-hydrogen) atoms. The number of carbonyl (C=O) groups is 2. The lowest BCUT2D eigenvalue weighted by molar-refractivity contribution is -0.133. The molecule has 2 unspecified atom stereocenters. The summed E-state index contributed by atoms with van der Waals surface area (Å²) in [6.07, 6.45) is 6.66. The zero-order valence-corrected chi connectivity index (χ0v) is 14.5. The van der Waals surface area contributed by atoms with E-state index in [0.717, 1.165) is 38.9 Å². The molecule has 0 bridgehead atoms. The zero-order chi connectivity index (χ0) is 17.2. The lowest BCUT2D eigenvalue weighted by Gasteiger charge is -2.39. The van der Waals surface area contributed by atoms with Crippen LogP contribution in [-0.2, 0) is 11.2 Å². The van der Waals surface area contributed by atoms with Crippen LogP contribution in [0.15, 0.2) is 24.5 Å². The number of urea groups is 1. The second kappa shape index (κ2) is 6.89. The Morgan fingerprint density at radius 1 is 1.33 bits per heavy atom. The van der Waals surface area contributed by atoms with E-state index in [9.17, 15) is 9.59 Å². The summed E-state index contributed by atoms with van der Waals surface area (Å²) >= 11 is 0. The second-order valence-electron chi connectivity index (χ2n) is 6.93. The number of pyridine rings is 1. The SMILES string of the molecule is CCN1C(=O)NC(C)(C2CCCN(CCc3ccncc3)C2)C1=O. The van der Waals surface area contributed by atoms with Gasteiger partial charge in [0.1, 0.15) is 5.54 Å². The molecule has 0 aromatic carbocycles. The second-order valence-corrected chi connectivity index (χ2v) is 6.93. The number of amides is 3. The van der Waals surface area contributed by atoms with E-state index in [2.05, 4.69) is 15.2 Å². The van der Waals surface area contributed by atoms with Gasteiger partial charge in [0.15, 0.2) is 0 Å². The Balaban J connectivity index is 1.63. The van der Waals surface area contributed by atoms with Crippen LogP contribution in [0.4, 0.5) is 4.79 Å². The molecule has 6 nitrogen and oxygen atoms in total. The van der Waals surface area contributed by atoms with Gasteiger partial charge in [0, 0.05) is 37.9 Å². The molecular weight excluding hydrogens is 304 g/mol. The van der Waals surface area contributed by atoms with Gasteiger partial charge in [-0.05, 0) is 57.4 Å². The van der Waals surface area contributed by atoms with Crippen LogP contribution in [0.5, 0.6) is 0 Å². The largest absolute Gasteiger partial charge is 0.325 e. The van der Waals surface area contributed by atoms with Gasteiger partial charge < -0.3 is 10.2 Å². The highest BCUT2D eigenvalue weighted by Gasteiger charge is 2.52. The van der Waals surface area contributed by atoms with E-state index >= 15 is 0 Å². The quantitative estimate of drug-likeness (QED) is 0.834. The average Bonchev–Trinajstić information content (AvgIpc) is 2.84. The lowest BCUT2D eigenvalue weighted by Crippen LogP contribution is -2.56. The van der Waals surface area contributed by atoms with Crippen molar-refractivity contribution in [2.45, 2.75) is 38.6 Å². The third-order valence-corrected chi connectivity index (χ3v) is 5.41. The Morgan fingerprint density at radius 3 is 2.75 bits per heavy atom. The maximum atomic E-state index is 12.7. The summed E-state index contributed by atoms with van der Waals surface area (Å²) in [4.78, 5) is 32.5. The molecule has 6 heteroatoms. The Kier molecular flexibility index (Phi) is 4.85. The van der Waals surface area contributed by atoms with Gasteiger partial charge in [-0.1, -0.05) is 0 Å². The van der Waals surface area contributed by atoms with Crippen molar-refractivity contribution in [1.82, 2.24) is 20.1 Å². The number of piperidine rings is 1. The summed E-state index contributed by atoms with van der Waals surface area (Å²) in [6.45, 7) is 7.03. The van der Waals surface area contributed by atoms with E-state index in [0.29, 0.717) is 6.54 Å². The average molecular weight is 330 g/mol. The number of aromatic nitrogens is 1.